The number of carbonyl (C=O) groups is 1. The molecule has 1 atom stereocenters. The van der Waals surface area contributed by atoms with E-state index in [1.54, 1.807) is 11.6 Å². The van der Waals surface area contributed by atoms with E-state index in [0.29, 0.717) is 12.0 Å². The number of carbonyl (C=O) groups excluding carboxylic acids is 1. The van der Waals surface area contributed by atoms with Crippen LogP contribution >= 0.6 is 11.3 Å². The van der Waals surface area contributed by atoms with E-state index in [9.17, 15) is 14.9 Å². The lowest BCUT2D eigenvalue weighted by Crippen LogP contribution is -2.38. The second-order valence-electron chi connectivity index (χ2n) is 5.96. The topological polar surface area (TPSA) is 152 Å². The summed E-state index contributed by atoms with van der Waals surface area (Å²) in [6.45, 7) is 1.85. The Labute approximate surface area is 160 Å². The number of aromatic nitrogens is 1. The molecule has 0 unspecified atom stereocenters. The Kier molecular flexibility index (Phi) is 7.22. The first kappa shape index (κ1) is 20.3. The van der Waals surface area contributed by atoms with E-state index >= 15 is 0 Å². The van der Waals surface area contributed by atoms with E-state index < -0.39 is 16.9 Å². The van der Waals surface area contributed by atoms with Gasteiger partial charge in [0.1, 0.15) is 6.07 Å². The Hall–Kier alpha value is -3.03. The quantitative estimate of drug-likeness (QED) is 0.582. The number of rotatable bonds is 5. The standard InChI is InChI=1S/C11H11N3O2.C6H9N3OS/c12-8-9-7-10(14(15)16)3-4-11(9)13-5-1-2-6-13;7-5(6(8)10)1-4-2-11-3-9-4/h3-4,7H,1-2,5-6H2;2-3,5H,1,7H2,(H2,8,10)/t;5-/m.0/s1. The minimum Gasteiger partial charge on any atom is -0.370 e. The summed E-state index contributed by atoms with van der Waals surface area (Å²) in [5, 5.41) is 21.4. The fourth-order valence-corrected chi connectivity index (χ4v) is 3.20. The molecule has 2 aromatic rings. The predicted octanol–water partition coefficient (Wildman–Crippen LogP) is 1.56. The van der Waals surface area contributed by atoms with Crippen molar-refractivity contribution in [1.82, 2.24) is 4.98 Å². The number of nitrogens with zero attached hydrogens (tertiary/aromatic N) is 4. The zero-order valence-corrected chi connectivity index (χ0v) is 15.4. The van der Waals surface area contributed by atoms with Crippen LogP contribution in [0, 0.1) is 21.4 Å². The average molecular weight is 388 g/mol. The average Bonchev–Trinajstić information content (AvgIpc) is 3.35. The molecule has 1 aliphatic heterocycles. The third kappa shape index (κ3) is 5.73. The summed E-state index contributed by atoms with van der Waals surface area (Å²) >= 11 is 1.47. The second kappa shape index (κ2) is 9.61. The van der Waals surface area contributed by atoms with Crippen LogP contribution in [0.2, 0.25) is 0 Å². The zero-order valence-electron chi connectivity index (χ0n) is 14.6. The van der Waals surface area contributed by atoms with E-state index in [-0.39, 0.29) is 5.69 Å². The van der Waals surface area contributed by atoms with Gasteiger partial charge in [-0.05, 0) is 18.9 Å². The number of nitro benzene ring substituents is 1. The summed E-state index contributed by atoms with van der Waals surface area (Å²) in [6, 6.07) is 5.87. The molecule has 9 nitrogen and oxygen atoms in total. The van der Waals surface area contributed by atoms with Crippen molar-refractivity contribution in [2.24, 2.45) is 11.5 Å². The molecule has 1 amide bonds. The summed E-state index contributed by atoms with van der Waals surface area (Å²) in [5.74, 6) is -0.488. The molecule has 2 heterocycles. The maximum atomic E-state index is 10.6. The van der Waals surface area contributed by atoms with Crippen molar-refractivity contribution in [3.8, 4) is 6.07 Å². The van der Waals surface area contributed by atoms with Gasteiger partial charge < -0.3 is 16.4 Å². The summed E-state index contributed by atoms with van der Waals surface area (Å²) in [5.41, 5.74) is 14.0. The van der Waals surface area contributed by atoms with Crippen LogP contribution in [-0.4, -0.2) is 34.9 Å². The molecular formula is C17H20N6O3S. The first-order valence-corrected chi connectivity index (χ1v) is 9.22. The molecule has 0 spiro atoms. The lowest BCUT2D eigenvalue weighted by molar-refractivity contribution is -0.384. The fourth-order valence-electron chi connectivity index (χ4n) is 2.63. The monoisotopic (exact) mass is 388 g/mol. The molecule has 0 bridgehead atoms. The number of thiazole rings is 1. The van der Waals surface area contributed by atoms with Crippen molar-refractivity contribution >= 4 is 28.6 Å². The van der Waals surface area contributed by atoms with Crippen molar-refractivity contribution in [2.75, 3.05) is 18.0 Å². The lowest BCUT2D eigenvalue weighted by Gasteiger charge is -2.18. The highest BCUT2D eigenvalue weighted by Gasteiger charge is 2.18. The van der Waals surface area contributed by atoms with E-state index in [1.807, 2.05) is 11.4 Å². The number of amides is 1. The van der Waals surface area contributed by atoms with Crippen molar-refractivity contribution in [3.05, 3.63) is 50.5 Å². The molecule has 0 saturated carbocycles. The largest absolute Gasteiger partial charge is 0.370 e. The molecular weight excluding hydrogens is 368 g/mol. The first-order chi connectivity index (χ1) is 12.9. The number of primary amides is 1. The van der Waals surface area contributed by atoms with Crippen molar-refractivity contribution in [1.29, 1.82) is 5.26 Å². The summed E-state index contributed by atoms with van der Waals surface area (Å²) in [6.07, 6.45) is 2.66. The number of anilines is 1. The first-order valence-electron chi connectivity index (χ1n) is 8.27. The molecule has 27 heavy (non-hydrogen) atoms. The number of hydrogen-bond acceptors (Lipinski definition) is 8. The van der Waals surface area contributed by atoms with E-state index in [1.165, 1.54) is 23.5 Å². The molecule has 1 aliphatic rings. The van der Waals surface area contributed by atoms with Crippen LogP contribution in [0.3, 0.4) is 0 Å². The molecule has 0 aliphatic carbocycles. The second-order valence-corrected chi connectivity index (χ2v) is 6.68. The van der Waals surface area contributed by atoms with E-state index in [0.717, 1.165) is 37.3 Å². The number of nitro groups is 1. The maximum absolute atomic E-state index is 10.6. The van der Waals surface area contributed by atoms with Gasteiger partial charge in [0, 0.05) is 37.0 Å². The highest BCUT2D eigenvalue weighted by molar-refractivity contribution is 7.07. The highest BCUT2D eigenvalue weighted by atomic mass is 32.1. The van der Waals surface area contributed by atoms with Gasteiger partial charge in [-0.15, -0.1) is 11.3 Å². The van der Waals surface area contributed by atoms with Gasteiger partial charge in [-0.1, -0.05) is 0 Å². The molecule has 4 N–H and O–H groups in total. The van der Waals surface area contributed by atoms with Gasteiger partial charge in [0.25, 0.3) is 5.69 Å². The maximum Gasteiger partial charge on any atom is 0.270 e. The van der Waals surface area contributed by atoms with Crippen LogP contribution < -0.4 is 16.4 Å². The molecule has 1 aromatic heterocycles. The number of hydrogen-bond donors (Lipinski definition) is 2. The highest BCUT2D eigenvalue weighted by Crippen LogP contribution is 2.27. The van der Waals surface area contributed by atoms with Crippen molar-refractivity contribution in [3.63, 3.8) is 0 Å². The van der Waals surface area contributed by atoms with Gasteiger partial charge in [-0.2, -0.15) is 5.26 Å². The van der Waals surface area contributed by atoms with Gasteiger partial charge in [-0.3, -0.25) is 14.9 Å². The Morgan fingerprint density at radius 2 is 2.15 bits per heavy atom. The Morgan fingerprint density at radius 1 is 1.44 bits per heavy atom. The zero-order chi connectivity index (χ0) is 19.8. The molecule has 3 rings (SSSR count). The van der Waals surface area contributed by atoms with Crippen LogP contribution in [0.4, 0.5) is 11.4 Å². The fraction of sp³-hybridized carbons (Fsp3) is 0.353. The van der Waals surface area contributed by atoms with Crippen LogP contribution in [0.5, 0.6) is 0 Å². The number of nitrogens with two attached hydrogens (primary N) is 2. The molecule has 1 saturated heterocycles. The SMILES string of the molecule is N#Cc1cc([N+](=O)[O-])ccc1N1CCCC1.NC(=O)[C@@H](N)Cc1cscn1. The smallest absolute Gasteiger partial charge is 0.270 e. The minimum absolute atomic E-state index is 0.0282. The van der Waals surface area contributed by atoms with Gasteiger partial charge in [0.2, 0.25) is 5.91 Å². The van der Waals surface area contributed by atoms with Crippen molar-refractivity contribution < 1.29 is 9.72 Å². The summed E-state index contributed by atoms with van der Waals surface area (Å²) < 4.78 is 0. The predicted molar refractivity (Wildman–Crippen MR) is 102 cm³/mol. The van der Waals surface area contributed by atoms with Gasteiger partial charge in [-0.25, -0.2) is 4.98 Å². The molecule has 142 valence electrons. The van der Waals surface area contributed by atoms with Gasteiger partial charge >= 0.3 is 0 Å². The van der Waals surface area contributed by atoms with Crippen LogP contribution in [0.25, 0.3) is 0 Å². The van der Waals surface area contributed by atoms with Crippen LogP contribution in [0.1, 0.15) is 24.1 Å². The molecule has 0 radical (unpaired) electrons. The number of nitriles is 1. The molecule has 1 aromatic carbocycles. The van der Waals surface area contributed by atoms with E-state index in [2.05, 4.69) is 9.88 Å². The Morgan fingerprint density at radius 3 is 2.67 bits per heavy atom. The number of benzene rings is 1. The third-order valence-corrected chi connectivity index (χ3v) is 4.67. The summed E-state index contributed by atoms with van der Waals surface area (Å²) in [4.78, 5) is 26.7. The minimum atomic E-state index is -0.614. The lowest BCUT2D eigenvalue weighted by atomic mass is 10.1. The molecule has 10 heteroatoms. The van der Waals surface area contributed by atoms with Crippen LogP contribution in [-0.2, 0) is 11.2 Å². The Bertz CT molecular complexity index is 828. The third-order valence-electron chi connectivity index (χ3n) is 4.04. The summed E-state index contributed by atoms with van der Waals surface area (Å²) in [7, 11) is 0. The van der Waals surface area contributed by atoms with Crippen LogP contribution in [0.15, 0.2) is 29.1 Å². The van der Waals surface area contributed by atoms with Crippen molar-refractivity contribution in [2.45, 2.75) is 25.3 Å². The Balaban J connectivity index is 0.000000208. The van der Waals surface area contributed by atoms with E-state index in [4.69, 9.17) is 16.7 Å². The number of non-ortho nitro benzene ring substituents is 1. The van der Waals surface area contributed by atoms with Gasteiger partial charge in [0.05, 0.1) is 33.4 Å². The van der Waals surface area contributed by atoms with Gasteiger partial charge in [0.15, 0.2) is 0 Å². The normalized spacial score (nSPS) is 14.0. The molecule has 1 fully saturated rings.